The van der Waals surface area contributed by atoms with Gasteiger partial charge >= 0.3 is 0 Å². The average Bonchev–Trinajstić information content (AvgIpc) is 2.85. The first kappa shape index (κ1) is 16.4. The van der Waals surface area contributed by atoms with E-state index in [2.05, 4.69) is 61.3 Å². The number of likely N-dealkylation sites (tertiary alicyclic amines) is 1. The first-order chi connectivity index (χ1) is 9.83. The molecule has 5 heteroatoms. The van der Waals surface area contributed by atoms with Crippen molar-refractivity contribution in [2.45, 2.75) is 59.7 Å². The second-order valence-electron chi connectivity index (χ2n) is 7.62. The monoisotopic (exact) mass is 293 g/mol. The zero-order valence-corrected chi connectivity index (χ0v) is 14.3. The number of nitrogens with one attached hydrogen (secondary N) is 1. The molecule has 0 bridgehead atoms. The molecular weight excluding hydrogens is 262 g/mol. The minimum atomic E-state index is 0.115. The van der Waals surface area contributed by atoms with Gasteiger partial charge in [0.05, 0.1) is 12.2 Å². The number of aromatic nitrogens is 3. The van der Waals surface area contributed by atoms with Gasteiger partial charge in [0.25, 0.3) is 0 Å². The molecule has 0 aliphatic carbocycles. The Labute approximate surface area is 129 Å². The summed E-state index contributed by atoms with van der Waals surface area (Å²) in [6.45, 7) is 16.4. The summed E-state index contributed by atoms with van der Waals surface area (Å²) >= 11 is 0. The van der Waals surface area contributed by atoms with Gasteiger partial charge in [-0.25, -0.2) is 0 Å². The van der Waals surface area contributed by atoms with Crippen LogP contribution in [-0.2, 0) is 13.1 Å². The summed E-state index contributed by atoms with van der Waals surface area (Å²) < 4.78 is 1.97. The number of hydrogen-bond acceptors (Lipinski definition) is 4. The molecule has 1 N–H and O–H groups in total. The third kappa shape index (κ3) is 5.40. The fraction of sp³-hybridized carbons (Fsp3) is 0.875. The standard InChI is InChI=1S/C16H31N5/c1-13-6-7-20(11-14(13)2)8-9-21-12-15(18-19-21)10-17-16(3,4)5/h12-14,17H,6-11H2,1-5H3. The molecule has 1 aliphatic rings. The Morgan fingerprint density at radius 3 is 2.67 bits per heavy atom. The van der Waals surface area contributed by atoms with Crippen LogP contribution in [0.25, 0.3) is 0 Å². The minimum absolute atomic E-state index is 0.115. The van der Waals surface area contributed by atoms with Gasteiger partial charge < -0.3 is 10.2 Å². The van der Waals surface area contributed by atoms with Crippen LogP contribution in [0.2, 0.25) is 0 Å². The lowest BCUT2D eigenvalue weighted by molar-refractivity contribution is 0.133. The van der Waals surface area contributed by atoms with Gasteiger partial charge in [0.1, 0.15) is 0 Å². The summed E-state index contributed by atoms with van der Waals surface area (Å²) in [6, 6.07) is 0. The van der Waals surface area contributed by atoms with Crippen molar-refractivity contribution >= 4 is 0 Å². The third-order valence-corrected chi connectivity index (χ3v) is 4.45. The average molecular weight is 293 g/mol. The van der Waals surface area contributed by atoms with Crippen LogP contribution in [0.5, 0.6) is 0 Å². The molecule has 2 unspecified atom stereocenters. The van der Waals surface area contributed by atoms with Crippen LogP contribution < -0.4 is 5.32 Å². The van der Waals surface area contributed by atoms with Crippen LogP contribution in [0.1, 0.15) is 46.7 Å². The minimum Gasteiger partial charge on any atom is -0.306 e. The van der Waals surface area contributed by atoms with Crippen LogP contribution >= 0.6 is 0 Å². The highest BCUT2D eigenvalue weighted by Crippen LogP contribution is 2.22. The number of rotatable bonds is 5. The topological polar surface area (TPSA) is 46.0 Å². The highest BCUT2D eigenvalue weighted by atomic mass is 15.4. The Balaban J connectivity index is 1.75. The van der Waals surface area contributed by atoms with Gasteiger partial charge in [0, 0.05) is 31.4 Å². The number of nitrogens with zero attached hydrogens (tertiary/aromatic N) is 4. The van der Waals surface area contributed by atoms with Crippen molar-refractivity contribution in [1.29, 1.82) is 0 Å². The van der Waals surface area contributed by atoms with Crippen molar-refractivity contribution in [3.63, 3.8) is 0 Å². The maximum atomic E-state index is 4.24. The second kappa shape index (κ2) is 6.88. The van der Waals surface area contributed by atoms with Crippen LogP contribution in [0.4, 0.5) is 0 Å². The van der Waals surface area contributed by atoms with E-state index in [0.717, 1.165) is 37.2 Å². The second-order valence-corrected chi connectivity index (χ2v) is 7.62. The maximum absolute atomic E-state index is 4.24. The highest BCUT2D eigenvalue weighted by molar-refractivity contribution is 4.93. The van der Waals surface area contributed by atoms with E-state index in [1.807, 2.05) is 4.68 Å². The molecule has 1 aliphatic heterocycles. The molecule has 0 aromatic carbocycles. The normalized spacial score (nSPS) is 24.4. The van der Waals surface area contributed by atoms with E-state index < -0.39 is 0 Å². The zero-order valence-electron chi connectivity index (χ0n) is 14.3. The summed E-state index contributed by atoms with van der Waals surface area (Å²) in [6.07, 6.45) is 3.38. The van der Waals surface area contributed by atoms with Crippen molar-refractivity contribution in [2.75, 3.05) is 19.6 Å². The Bertz CT molecular complexity index is 434. The maximum Gasteiger partial charge on any atom is 0.0965 e. The van der Waals surface area contributed by atoms with Crippen molar-refractivity contribution in [3.05, 3.63) is 11.9 Å². The van der Waals surface area contributed by atoms with Gasteiger partial charge in [0.2, 0.25) is 0 Å². The molecule has 21 heavy (non-hydrogen) atoms. The fourth-order valence-electron chi connectivity index (χ4n) is 2.68. The summed E-state index contributed by atoms with van der Waals surface area (Å²) in [5, 5.41) is 11.9. The molecule has 2 rings (SSSR count). The predicted molar refractivity (Wildman–Crippen MR) is 86.0 cm³/mol. The van der Waals surface area contributed by atoms with E-state index in [-0.39, 0.29) is 5.54 Å². The summed E-state index contributed by atoms with van der Waals surface area (Å²) in [4.78, 5) is 2.55. The quantitative estimate of drug-likeness (QED) is 0.903. The smallest absolute Gasteiger partial charge is 0.0965 e. The lowest BCUT2D eigenvalue weighted by Gasteiger charge is -2.35. The Morgan fingerprint density at radius 2 is 2.00 bits per heavy atom. The highest BCUT2D eigenvalue weighted by Gasteiger charge is 2.22. The summed E-state index contributed by atoms with van der Waals surface area (Å²) in [7, 11) is 0. The lowest BCUT2D eigenvalue weighted by atomic mass is 9.89. The molecule has 0 amide bonds. The number of piperidine rings is 1. The molecule has 120 valence electrons. The molecule has 0 spiro atoms. The molecule has 1 aromatic rings. The zero-order chi connectivity index (χ0) is 15.5. The van der Waals surface area contributed by atoms with E-state index >= 15 is 0 Å². The van der Waals surface area contributed by atoms with Crippen molar-refractivity contribution in [1.82, 2.24) is 25.2 Å². The van der Waals surface area contributed by atoms with Gasteiger partial charge in [-0.15, -0.1) is 5.10 Å². The first-order valence-electron chi connectivity index (χ1n) is 8.20. The molecule has 0 saturated carbocycles. The van der Waals surface area contributed by atoms with Crippen LogP contribution in [0.3, 0.4) is 0 Å². The summed E-state index contributed by atoms with van der Waals surface area (Å²) in [5.41, 5.74) is 1.13. The fourth-order valence-corrected chi connectivity index (χ4v) is 2.68. The molecule has 2 atom stereocenters. The summed E-state index contributed by atoms with van der Waals surface area (Å²) in [5.74, 6) is 1.67. The van der Waals surface area contributed by atoms with Gasteiger partial charge in [-0.3, -0.25) is 4.68 Å². The molecule has 2 heterocycles. The molecule has 0 radical (unpaired) electrons. The number of hydrogen-bond donors (Lipinski definition) is 1. The SMILES string of the molecule is CC1CCN(CCn2cc(CNC(C)(C)C)nn2)CC1C. The van der Waals surface area contributed by atoms with Crippen molar-refractivity contribution in [3.8, 4) is 0 Å². The molecule has 1 saturated heterocycles. The molecular formula is C16H31N5. The Morgan fingerprint density at radius 1 is 1.24 bits per heavy atom. The van der Waals surface area contributed by atoms with Crippen molar-refractivity contribution < 1.29 is 0 Å². The first-order valence-corrected chi connectivity index (χ1v) is 8.20. The van der Waals surface area contributed by atoms with Gasteiger partial charge in [0.15, 0.2) is 0 Å². The van der Waals surface area contributed by atoms with E-state index in [0.29, 0.717) is 0 Å². The van der Waals surface area contributed by atoms with E-state index in [4.69, 9.17) is 0 Å². The van der Waals surface area contributed by atoms with Crippen LogP contribution in [-0.4, -0.2) is 45.1 Å². The van der Waals surface area contributed by atoms with E-state index in [1.54, 1.807) is 0 Å². The van der Waals surface area contributed by atoms with Gasteiger partial charge in [-0.1, -0.05) is 19.1 Å². The third-order valence-electron chi connectivity index (χ3n) is 4.45. The van der Waals surface area contributed by atoms with E-state index in [9.17, 15) is 0 Å². The van der Waals surface area contributed by atoms with Gasteiger partial charge in [-0.05, 0) is 45.6 Å². The largest absolute Gasteiger partial charge is 0.306 e. The van der Waals surface area contributed by atoms with Crippen LogP contribution in [0.15, 0.2) is 6.20 Å². The molecule has 1 aromatic heterocycles. The Hall–Kier alpha value is -0.940. The molecule has 1 fully saturated rings. The van der Waals surface area contributed by atoms with Crippen molar-refractivity contribution in [2.24, 2.45) is 11.8 Å². The predicted octanol–water partition coefficient (Wildman–Crippen LogP) is 2.14. The Kier molecular flexibility index (Phi) is 5.38. The van der Waals surface area contributed by atoms with Crippen LogP contribution in [0, 0.1) is 11.8 Å². The van der Waals surface area contributed by atoms with E-state index in [1.165, 1.54) is 19.5 Å². The lowest BCUT2D eigenvalue weighted by Crippen LogP contribution is -2.40. The van der Waals surface area contributed by atoms with Gasteiger partial charge in [-0.2, -0.15) is 0 Å². The molecule has 5 nitrogen and oxygen atoms in total.